The molecule has 0 atom stereocenters. The van der Waals surface area contributed by atoms with Crippen LogP contribution in [0.5, 0.6) is 0 Å². The molecule has 0 aliphatic heterocycles. The Morgan fingerprint density at radius 1 is 1.00 bits per heavy atom. The van der Waals surface area contributed by atoms with Crippen molar-refractivity contribution >= 4 is 48.5 Å². The van der Waals surface area contributed by atoms with Crippen LogP contribution in [0.4, 0.5) is 0 Å². The Labute approximate surface area is 139 Å². The lowest BCUT2D eigenvalue weighted by molar-refractivity contribution is 0.0991. The Morgan fingerprint density at radius 2 is 1.81 bits per heavy atom. The molecule has 0 radical (unpaired) electrons. The zero-order valence-corrected chi connectivity index (χ0v) is 14.2. The molecule has 104 valence electrons. The van der Waals surface area contributed by atoms with E-state index in [-0.39, 0.29) is 5.78 Å². The van der Waals surface area contributed by atoms with E-state index < -0.39 is 0 Å². The smallest absolute Gasteiger partial charge is 0.169 e. The lowest BCUT2D eigenvalue weighted by Crippen LogP contribution is -2.06. The van der Waals surface area contributed by atoms with Gasteiger partial charge in [0.1, 0.15) is 0 Å². The van der Waals surface area contributed by atoms with Crippen molar-refractivity contribution in [2.75, 3.05) is 0 Å². The van der Waals surface area contributed by atoms with Gasteiger partial charge in [0.05, 0.1) is 11.9 Å². The SMILES string of the molecule is O=C(Cc1ccc2ccccc2n1)c1ccc(Br)cc1Br. The van der Waals surface area contributed by atoms with Gasteiger partial charge in [-0.05, 0) is 30.3 Å². The maximum atomic E-state index is 12.4. The average molecular weight is 405 g/mol. The summed E-state index contributed by atoms with van der Waals surface area (Å²) in [6.07, 6.45) is 0.297. The Morgan fingerprint density at radius 3 is 2.62 bits per heavy atom. The fourth-order valence-electron chi connectivity index (χ4n) is 2.18. The van der Waals surface area contributed by atoms with Crippen LogP contribution in [-0.2, 0) is 6.42 Å². The lowest BCUT2D eigenvalue weighted by Gasteiger charge is -2.05. The number of para-hydroxylation sites is 1. The third-order valence-electron chi connectivity index (χ3n) is 3.23. The van der Waals surface area contributed by atoms with Gasteiger partial charge in [0.2, 0.25) is 0 Å². The number of ketones is 1. The molecule has 0 N–H and O–H groups in total. The van der Waals surface area contributed by atoms with Crippen LogP contribution in [0.3, 0.4) is 0 Å². The lowest BCUT2D eigenvalue weighted by atomic mass is 10.1. The summed E-state index contributed by atoms with van der Waals surface area (Å²) in [5.74, 6) is 0.0529. The molecule has 0 fully saturated rings. The van der Waals surface area contributed by atoms with Gasteiger partial charge in [-0.15, -0.1) is 0 Å². The maximum Gasteiger partial charge on any atom is 0.169 e. The number of halogens is 2. The van der Waals surface area contributed by atoms with Crippen molar-refractivity contribution in [1.29, 1.82) is 0 Å². The Hall–Kier alpha value is -1.52. The fraction of sp³-hybridized carbons (Fsp3) is 0.0588. The summed E-state index contributed by atoms with van der Waals surface area (Å²) in [7, 11) is 0. The van der Waals surface area contributed by atoms with E-state index in [0.717, 1.165) is 25.5 Å². The second-order valence-electron chi connectivity index (χ2n) is 4.72. The van der Waals surface area contributed by atoms with Crippen LogP contribution >= 0.6 is 31.9 Å². The van der Waals surface area contributed by atoms with Crippen LogP contribution < -0.4 is 0 Å². The molecule has 0 aliphatic rings. The first kappa shape index (κ1) is 14.4. The highest BCUT2D eigenvalue weighted by Crippen LogP contribution is 2.23. The molecule has 0 aliphatic carbocycles. The fourth-order valence-corrected chi connectivity index (χ4v) is 3.45. The maximum absolute atomic E-state index is 12.4. The van der Waals surface area contributed by atoms with E-state index in [2.05, 4.69) is 36.8 Å². The summed E-state index contributed by atoms with van der Waals surface area (Å²) >= 11 is 6.82. The number of Topliss-reactive ketones (excluding diaryl/α,β-unsaturated/α-hetero) is 1. The first-order valence-electron chi connectivity index (χ1n) is 6.46. The van der Waals surface area contributed by atoms with Gasteiger partial charge in [-0.1, -0.05) is 56.1 Å². The van der Waals surface area contributed by atoms with Crippen molar-refractivity contribution in [2.45, 2.75) is 6.42 Å². The monoisotopic (exact) mass is 403 g/mol. The highest BCUT2D eigenvalue weighted by Gasteiger charge is 2.12. The second kappa shape index (κ2) is 6.08. The van der Waals surface area contributed by atoms with Crippen LogP contribution in [0, 0.1) is 0 Å². The average Bonchev–Trinajstić information content (AvgIpc) is 2.47. The van der Waals surface area contributed by atoms with Crippen LogP contribution in [0.2, 0.25) is 0 Å². The highest BCUT2D eigenvalue weighted by molar-refractivity contribution is 9.11. The third-order valence-corrected chi connectivity index (χ3v) is 4.38. The molecule has 0 amide bonds. The van der Waals surface area contributed by atoms with E-state index in [1.807, 2.05) is 54.6 Å². The number of benzene rings is 2. The molecule has 0 unspecified atom stereocenters. The van der Waals surface area contributed by atoms with Crippen molar-refractivity contribution in [3.63, 3.8) is 0 Å². The molecule has 0 spiro atoms. The zero-order chi connectivity index (χ0) is 14.8. The molecule has 3 rings (SSSR count). The number of carbonyl (C=O) groups excluding carboxylic acids is 1. The van der Waals surface area contributed by atoms with E-state index in [1.54, 1.807) is 0 Å². The van der Waals surface area contributed by atoms with E-state index in [1.165, 1.54) is 0 Å². The molecule has 0 bridgehead atoms. The predicted octanol–water partition coefficient (Wildman–Crippen LogP) is 5.19. The number of nitrogens with zero attached hydrogens (tertiary/aromatic N) is 1. The molecule has 2 aromatic carbocycles. The Bertz CT molecular complexity index is 830. The molecule has 2 nitrogen and oxygen atoms in total. The summed E-state index contributed by atoms with van der Waals surface area (Å²) in [4.78, 5) is 16.9. The zero-order valence-electron chi connectivity index (χ0n) is 11.0. The highest BCUT2D eigenvalue weighted by atomic mass is 79.9. The van der Waals surface area contributed by atoms with Gasteiger partial charge in [0.25, 0.3) is 0 Å². The van der Waals surface area contributed by atoms with Crippen LogP contribution in [-0.4, -0.2) is 10.8 Å². The van der Waals surface area contributed by atoms with Gasteiger partial charge in [0, 0.05) is 25.6 Å². The van der Waals surface area contributed by atoms with Gasteiger partial charge in [0.15, 0.2) is 5.78 Å². The summed E-state index contributed by atoms with van der Waals surface area (Å²) in [6, 6.07) is 17.4. The number of rotatable bonds is 3. The summed E-state index contributed by atoms with van der Waals surface area (Å²) in [6.45, 7) is 0. The van der Waals surface area contributed by atoms with Gasteiger partial charge in [-0.3, -0.25) is 9.78 Å². The number of carbonyl (C=O) groups is 1. The van der Waals surface area contributed by atoms with Crippen LogP contribution in [0.25, 0.3) is 10.9 Å². The van der Waals surface area contributed by atoms with Gasteiger partial charge < -0.3 is 0 Å². The molecule has 4 heteroatoms. The minimum Gasteiger partial charge on any atom is -0.294 e. The second-order valence-corrected chi connectivity index (χ2v) is 6.49. The van der Waals surface area contributed by atoms with Crippen molar-refractivity contribution in [3.05, 3.63) is 74.8 Å². The van der Waals surface area contributed by atoms with E-state index in [0.29, 0.717) is 12.0 Å². The molecule has 3 aromatic rings. The third kappa shape index (κ3) is 3.22. The predicted molar refractivity (Wildman–Crippen MR) is 91.6 cm³/mol. The molecule has 21 heavy (non-hydrogen) atoms. The molecule has 1 heterocycles. The van der Waals surface area contributed by atoms with Gasteiger partial charge in [-0.2, -0.15) is 0 Å². The Balaban J connectivity index is 1.89. The summed E-state index contributed by atoms with van der Waals surface area (Å²) in [5.41, 5.74) is 2.37. The number of fused-ring (bicyclic) bond motifs is 1. The molecular formula is C17H11Br2NO. The number of hydrogen-bond donors (Lipinski definition) is 0. The number of aromatic nitrogens is 1. The van der Waals surface area contributed by atoms with Gasteiger partial charge >= 0.3 is 0 Å². The molecule has 1 aromatic heterocycles. The van der Waals surface area contributed by atoms with Crippen molar-refractivity contribution in [3.8, 4) is 0 Å². The molecular weight excluding hydrogens is 394 g/mol. The van der Waals surface area contributed by atoms with Crippen LogP contribution in [0.15, 0.2) is 63.5 Å². The topological polar surface area (TPSA) is 30.0 Å². The van der Waals surface area contributed by atoms with E-state index in [4.69, 9.17) is 0 Å². The number of pyridine rings is 1. The largest absolute Gasteiger partial charge is 0.294 e. The Kier molecular flexibility index (Phi) is 4.17. The first-order chi connectivity index (χ1) is 10.1. The van der Waals surface area contributed by atoms with E-state index in [9.17, 15) is 4.79 Å². The summed E-state index contributed by atoms with van der Waals surface area (Å²) < 4.78 is 1.73. The van der Waals surface area contributed by atoms with Crippen molar-refractivity contribution in [2.24, 2.45) is 0 Å². The van der Waals surface area contributed by atoms with Crippen molar-refractivity contribution in [1.82, 2.24) is 4.98 Å². The quantitative estimate of drug-likeness (QED) is 0.562. The standard InChI is InChI=1S/C17H11Br2NO/c18-12-6-8-14(15(19)9-12)17(21)10-13-7-5-11-3-1-2-4-16(11)20-13/h1-9H,10H2. The van der Waals surface area contributed by atoms with Gasteiger partial charge in [-0.25, -0.2) is 0 Å². The summed E-state index contributed by atoms with van der Waals surface area (Å²) in [5, 5.41) is 1.08. The molecule has 0 saturated carbocycles. The minimum absolute atomic E-state index is 0.0529. The number of hydrogen-bond acceptors (Lipinski definition) is 2. The minimum atomic E-state index is 0.0529. The van der Waals surface area contributed by atoms with Crippen molar-refractivity contribution < 1.29 is 4.79 Å². The molecule has 0 saturated heterocycles. The van der Waals surface area contributed by atoms with E-state index >= 15 is 0 Å². The first-order valence-corrected chi connectivity index (χ1v) is 8.05. The van der Waals surface area contributed by atoms with Crippen LogP contribution in [0.1, 0.15) is 16.1 Å². The normalized spacial score (nSPS) is 10.8.